The monoisotopic (exact) mass is 688 g/mol. The first kappa shape index (κ1) is 30.3. The third-order valence-corrected chi connectivity index (χ3v) is 10.7. The van der Waals surface area contributed by atoms with E-state index in [2.05, 4.69) is 191 Å². The third kappa shape index (κ3) is 4.70. The second-order valence-corrected chi connectivity index (χ2v) is 13.8. The lowest BCUT2D eigenvalue weighted by atomic mass is 10.00. The van der Waals surface area contributed by atoms with Gasteiger partial charge in [-0.05, 0) is 54.1 Å². The fraction of sp³-hybridized carbons (Fsp3) is 0. The zero-order valence-electron chi connectivity index (χ0n) is 29.3. The molecule has 0 saturated carbocycles. The van der Waals surface area contributed by atoms with Crippen molar-refractivity contribution in [1.29, 1.82) is 0 Å². The van der Waals surface area contributed by atoms with Crippen molar-refractivity contribution < 1.29 is 0 Å². The Morgan fingerprint density at radius 3 is 1.56 bits per heavy atom. The van der Waals surface area contributed by atoms with Crippen molar-refractivity contribution in [2.75, 3.05) is 0 Å². The van der Waals surface area contributed by atoms with E-state index in [4.69, 9.17) is 9.97 Å². The van der Waals surface area contributed by atoms with Gasteiger partial charge in [-0.15, -0.1) is 0 Å². The van der Waals surface area contributed by atoms with Crippen LogP contribution in [0.1, 0.15) is 0 Å². The molecule has 4 heteroatoms. The average Bonchev–Trinajstić information content (AvgIpc) is 3.75. The molecule has 3 aromatic heterocycles. The van der Waals surface area contributed by atoms with Crippen LogP contribution in [0.4, 0.5) is 0 Å². The van der Waals surface area contributed by atoms with Crippen LogP contribution in [-0.4, -0.2) is 19.1 Å². The summed E-state index contributed by atoms with van der Waals surface area (Å²) in [5, 5.41) is 5.89. The molecule has 0 fully saturated rings. The van der Waals surface area contributed by atoms with E-state index in [1.165, 1.54) is 32.6 Å². The molecule has 0 atom stereocenters. The zero-order chi connectivity index (χ0) is 35.6. The Hall–Kier alpha value is -7.30. The van der Waals surface area contributed by atoms with Crippen LogP contribution in [-0.2, 0) is 0 Å². The Balaban J connectivity index is 1.23. The molecule has 0 saturated heterocycles. The summed E-state index contributed by atoms with van der Waals surface area (Å²) < 4.78 is 4.84. The normalized spacial score (nSPS) is 11.7. The second-order valence-electron chi connectivity index (χ2n) is 13.8. The highest BCUT2D eigenvalue weighted by atomic mass is 15.0. The number of rotatable bonds is 5. The summed E-state index contributed by atoms with van der Waals surface area (Å²) >= 11 is 0. The Morgan fingerprint density at radius 2 is 0.870 bits per heavy atom. The molecule has 0 radical (unpaired) electrons. The number of para-hydroxylation sites is 4. The number of aromatic nitrogens is 4. The molecule has 8 aromatic carbocycles. The lowest BCUT2D eigenvalue weighted by molar-refractivity contribution is 1.17. The Labute approximate surface area is 311 Å². The Kier molecular flexibility index (Phi) is 6.82. The number of hydrogen-bond acceptors (Lipinski definition) is 2. The molecule has 252 valence electrons. The largest absolute Gasteiger partial charge is 0.309 e. The maximum absolute atomic E-state index is 5.27. The zero-order valence-corrected chi connectivity index (χ0v) is 29.3. The van der Waals surface area contributed by atoms with Crippen molar-refractivity contribution >= 4 is 54.5 Å². The van der Waals surface area contributed by atoms with Gasteiger partial charge in [0.05, 0.1) is 39.0 Å². The molecule has 0 aliphatic heterocycles. The number of fused-ring (bicyclic) bond motifs is 7. The summed E-state index contributed by atoms with van der Waals surface area (Å²) in [7, 11) is 0. The molecule has 3 heterocycles. The molecule has 0 aliphatic carbocycles. The number of benzene rings is 8. The molecule has 0 unspecified atom stereocenters. The van der Waals surface area contributed by atoms with Gasteiger partial charge in [0.1, 0.15) is 0 Å². The summed E-state index contributed by atoms with van der Waals surface area (Å²) in [6.45, 7) is 0. The van der Waals surface area contributed by atoms with Gasteiger partial charge in [0.25, 0.3) is 0 Å². The minimum absolute atomic E-state index is 0.697. The molecule has 54 heavy (non-hydrogen) atoms. The molecule has 11 rings (SSSR count). The van der Waals surface area contributed by atoms with Gasteiger partial charge in [0.2, 0.25) is 0 Å². The molecule has 0 amide bonds. The standard InChI is InChI=1S/C50H32N4/c1-4-16-33(17-5-1)37-29-28-35(50-51-43-25-13-10-24-40(43)49(52-50)34-18-6-2-7-19-34)30-46(37)54-45-27-15-12-23-39(45)42-31-47-41(32-48(42)54)38-22-11-14-26-44(38)53(47)36-20-8-3-9-21-36/h1-32H. The van der Waals surface area contributed by atoms with Crippen LogP contribution >= 0.6 is 0 Å². The van der Waals surface area contributed by atoms with Crippen LogP contribution in [0, 0.1) is 0 Å². The summed E-state index contributed by atoms with van der Waals surface area (Å²) in [4.78, 5) is 10.4. The topological polar surface area (TPSA) is 35.6 Å². The Morgan fingerprint density at radius 1 is 0.333 bits per heavy atom. The summed E-state index contributed by atoms with van der Waals surface area (Å²) in [5.41, 5.74) is 13.1. The van der Waals surface area contributed by atoms with E-state index in [0.717, 1.165) is 61.3 Å². The first-order valence-corrected chi connectivity index (χ1v) is 18.3. The van der Waals surface area contributed by atoms with E-state index in [1.54, 1.807) is 0 Å². The van der Waals surface area contributed by atoms with E-state index >= 15 is 0 Å². The minimum atomic E-state index is 0.697. The fourth-order valence-electron chi connectivity index (χ4n) is 8.28. The SMILES string of the molecule is c1ccc(-c2ccc(-c3nc(-c4ccccc4)c4ccccc4n3)cc2-n2c3ccccc3c3cc4c(cc32)c2ccccc2n4-c2ccccc2)cc1. The maximum Gasteiger partial charge on any atom is 0.160 e. The van der Waals surface area contributed by atoms with E-state index in [1.807, 2.05) is 12.1 Å². The van der Waals surface area contributed by atoms with E-state index in [-0.39, 0.29) is 0 Å². The van der Waals surface area contributed by atoms with Gasteiger partial charge in [-0.1, -0.05) is 146 Å². The van der Waals surface area contributed by atoms with Crippen molar-refractivity contribution in [1.82, 2.24) is 19.1 Å². The first-order chi connectivity index (χ1) is 26.8. The smallest absolute Gasteiger partial charge is 0.160 e. The molecule has 0 N–H and O–H groups in total. The highest BCUT2D eigenvalue weighted by Gasteiger charge is 2.21. The van der Waals surface area contributed by atoms with Crippen molar-refractivity contribution in [3.8, 4) is 45.1 Å². The first-order valence-electron chi connectivity index (χ1n) is 18.3. The van der Waals surface area contributed by atoms with Gasteiger partial charge in [-0.3, -0.25) is 0 Å². The van der Waals surface area contributed by atoms with Gasteiger partial charge < -0.3 is 9.13 Å². The summed E-state index contributed by atoms with van der Waals surface area (Å²) in [6, 6.07) is 69.1. The van der Waals surface area contributed by atoms with Crippen molar-refractivity contribution in [2.45, 2.75) is 0 Å². The van der Waals surface area contributed by atoms with Gasteiger partial charge in [-0.2, -0.15) is 0 Å². The van der Waals surface area contributed by atoms with Crippen molar-refractivity contribution in [3.05, 3.63) is 194 Å². The van der Waals surface area contributed by atoms with Crippen LogP contribution in [0.15, 0.2) is 194 Å². The summed E-state index contributed by atoms with van der Waals surface area (Å²) in [6.07, 6.45) is 0. The van der Waals surface area contributed by atoms with Gasteiger partial charge in [0, 0.05) is 49.3 Å². The van der Waals surface area contributed by atoms with Crippen LogP contribution in [0.2, 0.25) is 0 Å². The molecule has 11 aromatic rings. The predicted molar refractivity (Wildman–Crippen MR) is 225 cm³/mol. The van der Waals surface area contributed by atoms with Crippen LogP contribution in [0.3, 0.4) is 0 Å². The molecule has 4 nitrogen and oxygen atoms in total. The molecular weight excluding hydrogens is 657 g/mol. The van der Waals surface area contributed by atoms with Gasteiger partial charge in [0.15, 0.2) is 5.82 Å². The van der Waals surface area contributed by atoms with Gasteiger partial charge in [-0.25, -0.2) is 9.97 Å². The van der Waals surface area contributed by atoms with E-state index < -0.39 is 0 Å². The lowest BCUT2D eigenvalue weighted by Gasteiger charge is -2.16. The second kappa shape index (κ2) is 12.1. The highest BCUT2D eigenvalue weighted by Crippen LogP contribution is 2.42. The van der Waals surface area contributed by atoms with Crippen LogP contribution in [0.25, 0.3) is 99.7 Å². The summed E-state index contributed by atoms with van der Waals surface area (Å²) in [5.74, 6) is 0.697. The third-order valence-electron chi connectivity index (χ3n) is 10.7. The quantitative estimate of drug-likeness (QED) is 0.180. The lowest BCUT2D eigenvalue weighted by Crippen LogP contribution is -2.00. The fourth-order valence-corrected chi connectivity index (χ4v) is 8.28. The maximum atomic E-state index is 5.27. The minimum Gasteiger partial charge on any atom is -0.309 e. The van der Waals surface area contributed by atoms with E-state index in [0.29, 0.717) is 5.82 Å². The molecule has 0 bridgehead atoms. The predicted octanol–water partition coefficient (Wildman–Crippen LogP) is 12.8. The molecule has 0 aliphatic rings. The molecular formula is C50H32N4. The van der Waals surface area contributed by atoms with Crippen molar-refractivity contribution in [2.24, 2.45) is 0 Å². The van der Waals surface area contributed by atoms with E-state index in [9.17, 15) is 0 Å². The van der Waals surface area contributed by atoms with Crippen LogP contribution in [0.5, 0.6) is 0 Å². The average molecular weight is 689 g/mol. The van der Waals surface area contributed by atoms with Gasteiger partial charge >= 0.3 is 0 Å². The Bertz CT molecular complexity index is 3200. The van der Waals surface area contributed by atoms with Crippen LogP contribution < -0.4 is 0 Å². The number of hydrogen-bond donors (Lipinski definition) is 0. The number of nitrogens with zero attached hydrogens (tertiary/aromatic N) is 4. The molecule has 0 spiro atoms. The van der Waals surface area contributed by atoms with Crippen molar-refractivity contribution in [3.63, 3.8) is 0 Å². The highest BCUT2D eigenvalue weighted by molar-refractivity contribution is 6.19.